The van der Waals surface area contributed by atoms with Crippen molar-refractivity contribution in [2.24, 2.45) is 0 Å². The Morgan fingerprint density at radius 2 is 2.13 bits per heavy atom. The minimum absolute atomic E-state index is 0.0494. The lowest BCUT2D eigenvalue weighted by Gasteiger charge is -2.16. The first-order chi connectivity index (χ1) is 7.10. The smallest absolute Gasteiger partial charge is 0.165 e. The minimum Gasteiger partial charge on any atom is -0.494 e. The molecule has 3 nitrogen and oxygen atoms in total. The third kappa shape index (κ3) is 2.90. The van der Waals surface area contributed by atoms with Crippen LogP contribution < -0.4 is 4.74 Å². The van der Waals surface area contributed by atoms with Crippen molar-refractivity contribution >= 4 is 15.9 Å². The highest BCUT2D eigenvalue weighted by molar-refractivity contribution is 9.09. The van der Waals surface area contributed by atoms with Gasteiger partial charge in [0.1, 0.15) is 6.10 Å². The molecular weight excluding hydrogens is 267 g/mol. The van der Waals surface area contributed by atoms with Gasteiger partial charge < -0.3 is 14.9 Å². The van der Waals surface area contributed by atoms with E-state index >= 15 is 0 Å². The van der Waals surface area contributed by atoms with Gasteiger partial charge in [0.15, 0.2) is 11.6 Å². The van der Waals surface area contributed by atoms with Crippen molar-refractivity contribution < 1.29 is 19.3 Å². The summed E-state index contributed by atoms with van der Waals surface area (Å²) in [6.07, 6.45) is -1.99. The number of ether oxygens (including phenoxy) is 1. The van der Waals surface area contributed by atoms with Gasteiger partial charge in [0.25, 0.3) is 0 Å². The lowest BCUT2D eigenvalue weighted by atomic mass is 10.1. The molecule has 0 spiro atoms. The highest BCUT2D eigenvalue weighted by Crippen LogP contribution is 2.24. The summed E-state index contributed by atoms with van der Waals surface area (Å²) in [6, 6.07) is 3.97. The Morgan fingerprint density at radius 1 is 1.47 bits per heavy atom. The summed E-state index contributed by atoms with van der Waals surface area (Å²) in [5.74, 6) is -0.449. The van der Waals surface area contributed by atoms with E-state index in [1.54, 1.807) is 0 Å². The van der Waals surface area contributed by atoms with Crippen molar-refractivity contribution in [2.45, 2.75) is 12.2 Å². The van der Waals surface area contributed by atoms with E-state index in [0.29, 0.717) is 5.56 Å². The summed E-state index contributed by atoms with van der Waals surface area (Å²) < 4.78 is 17.8. The van der Waals surface area contributed by atoms with Gasteiger partial charge in [0, 0.05) is 5.33 Å². The molecule has 0 aliphatic carbocycles. The van der Waals surface area contributed by atoms with E-state index in [1.165, 1.54) is 25.3 Å². The topological polar surface area (TPSA) is 49.7 Å². The van der Waals surface area contributed by atoms with E-state index in [-0.39, 0.29) is 11.1 Å². The second-order valence-corrected chi connectivity index (χ2v) is 3.71. The number of benzene rings is 1. The van der Waals surface area contributed by atoms with Crippen LogP contribution in [0.1, 0.15) is 11.7 Å². The highest BCUT2D eigenvalue weighted by Gasteiger charge is 2.18. The molecule has 0 amide bonds. The Balaban J connectivity index is 2.95. The average molecular weight is 279 g/mol. The molecule has 0 radical (unpaired) electrons. The Hall–Kier alpha value is -0.650. The maximum absolute atomic E-state index is 13.0. The first-order valence-electron chi connectivity index (χ1n) is 4.35. The van der Waals surface area contributed by atoms with Crippen LogP contribution in [0.2, 0.25) is 0 Å². The average Bonchev–Trinajstić information content (AvgIpc) is 2.27. The fourth-order valence-electron chi connectivity index (χ4n) is 1.17. The number of hydrogen-bond donors (Lipinski definition) is 2. The van der Waals surface area contributed by atoms with Crippen LogP contribution >= 0.6 is 15.9 Å². The van der Waals surface area contributed by atoms with Crippen LogP contribution in [-0.2, 0) is 0 Å². The third-order valence-corrected chi connectivity index (χ3v) is 2.70. The summed E-state index contributed by atoms with van der Waals surface area (Å²) >= 11 is 3.05. The van der Waals surface area contributed by atoms with Gasteiger partial charge in [-0.15, -0.1) is 0 Å². The van der Waals surface area contributed by atoms with Crippen molar-refractivity contribution in [1.82, 2.24) is 0 Å². The van der Waals surface area contributed by atoms with Gasteiger partial charge in [0.05, 0.1) is 13.2 Å². The van der Waals surface area contributed by atoms with Crippen LogP contribution in [0.5, 0.6) is 5.75 Å². The molecule has 1 rings (SSSR count). The maximum atomic E-state index is 13.0. The van der Waals surface area contributed by atoms with E-state index in [9.17, 15) is 14.6 Å². The molecule has 0 bridgehead atoms. The molecule has 0 saturated carbocycles. The molecule has 1 aromatic carbocycles. The monoisotopic (exact) mass is 278 g/mol. The molecule has 5 heteroatoms. The molecule has 0 heterocycles. The highest BCUT2D eigenvalue weighted by atomic mass is 79.9. The Kier molecular flexibility index (Phi) is 4.50. The summed E-state index contributed by atoms with van der Waals surface area (Å²) in [5.41, 5.74) is 0.417. The van der Waals surface area contributed by atoms with Gasteiger partial charge in [-0.3, -0.25) is 0 Å². The zero-order valence-corrected chi connectivity index (χ0v) is 9.74. The van der Waals surface area contributed by atoms with Gasteiger partial charge in [-0.2, -0.15) is 0 Å². The summed E-state index contributed by atoms with van der Waals surface area (Å²) in [6.45, 7) is 0. The van der Waals surface area contributed by atoms with Gasteiger partial charge in [-0.25, -0.2) is 4.39 Å². The van der Waals surface area contributed by atoms with Crippen molar-refractivity contribution in [2.75, 3.05) is 12.4 Å². The SMILES string of the molecule is COc1cc(C(O)C(O)CBr)ccc1F. The number of hydrogen-bond acceptors (Lipinski definition) is 3. The number of alkyl halides is 1. The maximum Gasteiger partial charge on any atom is 0.165 e. The molecule has 84 valence electrons. The molecule has 15 heavy (non-hydrogen) atoms. The summed E-state index contributed by atoms with van der Waals surface area (Å²) in [7, 11) is 1.34. The normalized spacial score (nSPS) is 14.7. The second kappa shape index (κ2) is 5.44. The fraction of sp³-hybridized carbons (Fsp3) is 0.400. The molecule has 1 aromatic rings. The third-order valence-electron chi connectivity index (χ3n) is 2.04. The van der Waals surface area contributed by atoms with E-state index in [0.717, 1.165) is 0 Å². The molecule has 0 saturated heterocycles. The standard InChI is InChI=1S/C10H12BrFO3/c1-15-9-4-6(2-3-7(9)12)10(14)8(13)5-11/h2-4,8,10,13-14H,5H2,1H3. The largest absolute Gasteiger partial charge is 0.494 e. The van der Waals surface area contributed by atoms with Crippen LogP contribution in [0.15, 0.2) is 18.2 Å². The molecular formula is C10H12BrFO3. The fourth-order valence-corrected chi connectivity index (χ4v) is 1.52. The second-order valence-electron chi connectivity index (χ2n) is 3.06. The molecule has 2 unspecified atom stereocenters. The zero-order chi connectivity index (χ0) is 11.4. The quantitative estimate of drug-likeness (QED) is 0.823. The van der Waals surface area contributed by atoms with Crippen molar-refractivity contribution in [3.05, 3.63) is 29.6 Å². The van der Waals surface area contributed by atoms with Crippen LogP contribution in [0.3, 0.4) is 0 Å². The predicted molar refractivity (Wildman–Crippen MR) is 57.7 cm³/mol. The molecule has 0 aliphatic heterocycles. The van der Waals surface area contributed by atoms with Gasteiger partial charge >= 0.3 is 0 Å². The van der Waals surface area contributed by atoms with Crippen LogP contribution in [0.4, 0.5) is 4.39 Å². The van der Waals surface area contributed by atoms with Crippen LogP contribution in [0, 0.1) is 5.82 Å². The van der Waals surface area contributed by atoms with Crippen molar-refractivity contribution in [3.63, 3.8) is 0 Å². The number of aliphatic hydroxyl groups excluding tert-OH is 2. The summed E-state index contributed by atoms with van der Waals surface area (Å²) in [4.78, 5) is 0. The van der Waals surface area contributed by atoms with Gasteiger partial charge in [-0.1, -0.05) is 22.0 Å². The number of rotatable bonds is 4. The molecule has 2 N–H and O–H groups in total. The lowest BCUT2D eigenvalue weighted by Crippen LogP contribution is -2.19. The zero-order valence-electron chi connectivity index (χ0n) is 8.15. The molecule has 0 aliphatic rings. The first kappa shape index (κ1) is 12.4. The van der Waals surface area contributed by atoms with Crippen molar-refractivity contribution in [1.29, 1.82) is 0 Å². The van der Waals surface area contributed by atoms with Crippen molar-refractivity contribution in [3.8, 4) is 5.75 Å². The Bertz CT molecular complexity index is 332. The Morgan fingerprint density at radius 3 is 2.67 bits per heavy atom. The number of halogens is 2. The molecule has 0 aromatic heterocycles. The van der Waals surface area contributed by atoms with Gasteiger partial charge in [0.2, 0.25) is 0 Å². The van der Waals surface area contributed by atoms with E-state index in [1.807, 2.05) is 0 Å². The van der Waals surface area contributed by atoms with E-state index in [4.69, 9.17) is 4.74 Å². The molecule has 2 atom stereocenters. The minimum atomic E-state index is -1.06. The van der Waals surface area contributed by atoms with E-state index < -0.39 is 18.0 Å². The number of aliphatic hydroxyl groups is 2. The predicted octanol–water partition coefficient (Wildman–Crippen LogP) is 1.62. The van der Waals surface area contributed by atoms with E-state index in [2.05, 4.69) is 15.9 Å². The van der Waals surface area contributed by atoms with Crippen LogP contribution in [0.25, 0.3) is 0 Å². The molecule has 0 fully saturated rings. The summed E-state index contributed by atoms with van der Waals surface area (Å²) in [5, 5.41) is 19.3. The first-order valence-corrected chi connectivity index (χ1v) is 5.47. The van der Waals surface area contributed by atoms with Gasteiger partial charge in [-0.05, 0) is 17.7 Å². The number of methoxy groups -OCH3 is 1. The lowest BCUT2D eigenvalue weighted by molar-refractivity contribution is 0.0341. The Labute approximate surface area is 95.6 Å². The van der Waals surface area contributed by atoms with Crippen LogP contribution in [-0.4, -0.2) is 28.8 Å².